The van der Waals surface area contributed by atoms with Crippen LogP contribution < -0.4 is 14.8 Å². The lowest BCUT2D eigenvalue weighted by Crippen LogP contribution is -2.10. The van der Waals surface area contributed by atoms with E-state index in [0.717, 1.165) is 28.2 Å². The zero-order valence-corrected chi connectivity index (χ0v) is 13.7. The number of anilines is 1. The Hall–Kier alpha value is -2.76. The van der Waals surface area contributed by atoms with Crippen molar-refractivity contribution in [1.82, 2.24) is 14.8 Å². The van der Waals surface area contributed by atoms with Crippen LogP contribution >= 0.6 is 0 Å². The summed E-state index contributed by atoms with van der Waals surface area (Å²) in [6, 6.07) is 9.84. The number of pyridine rings is 1. The van der Waals surface area contributed by atoms with Gasteiger partial charge in [0.15, 0.2) is 5.82 Å². The van der Waals surface area contributed by atoms with E-state index < -0.39 is 0 Å². The lowest BCUT2D eigenvalue weighted by atomic mass is 10.2. The number of ether oxygens (including phenoxy) is 2. The van der Waals surface area contributed by atoms with Crippen LogP contribution in [0, 0.1) is 0 Å². The fourth-order valence-corrected chi connectivity index (χ4v) is 2.40. The van der Waals surface area contributed by atoms with E-state index in [1.54, 1.807) is 18.9 Å². The molecule has 3 aromatic rings. The van der Waals surface area contributed by atoms with Crippen molar-refractivity contribution < 1.29 is 9.47 Å². The summed E-state index contributed by atoms with van der Waals surface area (Å²) in [5.41, 5.74) is 0.799. The normalized spacial score (nSPS) is 11.0. The van der Waals surface area contributed by atoms with Crippen LogP contribution in [0.25, 0.3) is 16.7 Å². The van der Waals surface area contributed by atoms with Gasteiger partial charge in [-0.25, -0.2) is 9.67 Å². The Balaban J connectivity index is 2.08. The van der Waals surface area contributed by atoms with Crippen molar-refractivity contribution in [3.63, 3.8) is 0 Å². The Morgan fingerprint density at radius 2 is 1.91 bits per heavy atom. The van der Waals surface area contributed by atoms with Crippen molar-refractivity contribution in [2.75, 3.05) is 19.5 Å². The second-order valence-electron chi connectivity index (χ2n) is 5.51. The predicted molar refractivity (Wildman–Crippen MR) is 90.7 cm³/mol. The van der Waals surface area contributed by atoms with E-state index in [-0.39, 0.29) is 0 Å². The smallest absolute Gasteiger partial charge is 0.157 e. The van der Waals surface area contributed by atoms with Crippen LogP contribution in [-0.4, -0.2) is 35.0 Å². The maximum atomic E-state index is 5.50. The van der Waals surface area contributed by atoms with Gasteiger partial charge in [-0.3, -0.25) is 0 Å². The monoisotopic (exact) mass is 312 g/mol. The largest absolute Gasteiger partial charge is 0.497 e. The van der Waals surface area contributed by atoms with Gasteiger partial charge in [0.1, 0.15) is 17.3 Å². The van der Waals surface area contributed by atoms with E-state index in [0.29, 0.717) is 11.9 Å². The molecule has 0 radical (unpaired) electrons. The standard InChI is InChI=1S/C17H20N4O2/c1-11(2)18-16-7-8-21(20-16)17-10-15(23-4)13-6-5-12(22-3)9-14(13)19-17/h5-11H,1-4H3,(H,18,20). The minimum Gasteiger partial charge on any atom is -0.497 e. The van der Waals surface area contributed by atoms with Crippen LogP contribution in [0.4, 0.5) is 5.82 Å². The molecule has 0 amide bonds. The summed E-state index contributed by atoms with van der Waals surface area (Å²) < 4.78 is 12.5. The number of rotatable bonds is 5. The molecule has 0 atom stereocenters. The molecular formula is C17H20N4O2. The van der Waals surface area contributed by atoms with Gasteiger partial charge in [0.05, 0.1) is 19.7 Å². The number of hydrogen-bond donors (Lipinski definition) is 1. The third kappa shape index (κ3) is 3.06. The fourth-order valence-electron chi connectivity index (χ4n) is 2.40. The molecule has 6 nitrogen and oxygen atoms in total. The number of benzene rings is 1. The molecule has 0 saturated carbocycles. The molecule has 120 valence electrons. The fraction of sp³-hybridized carbons (Fsp3) is 0.294. The number of aromatic nitrogens is 3. The summed E-state index contributed by atoms with van der Waals surface area (Å²) in [5.74, 6) is 3.01. The summed E-state index contributed by atoms with van der Waals surface area (Å²) in [6.07, 6.45) is 1.87. The highest BCUT2D eigenvalue weighted by atomic mass is 16.5. The Morgan fingerprint density at radius 1 is 1.09 bits per heavy atom. The molecule has 3 rings (SSSR count). The van der Waals surface area contributed by atoms with E-state index in [1.165, 1.54) is 0 Å². The van der Waals surface area contributed by atoms with E-state index in [4.69, 9.17) is 9.47 Å². The first-order valence-corrected chi connectivity index (χ1v) is 7.46. The van der Waals surface area contributed by atoms with Crippen LogP contribution in [0.15, 0.2) is 36.5 Å². The average molecular weight is 312 g/mol. The van der Waals surface area contributed by atoms with E-state index >= 15 is 0 Å². The van der Waals surface area contributed by atoms with Gasteiger partial charge in [0.2, 0.25) is 0 Å². The first-order valence-electron chi connectivity index (χ1n) is 7.46. The summed E-state index contributed by atoms with van der Waals surface area (Å²) >= 11 is 0. The number of nitrogens with one attached hydrogen (secondary N) is 1. The van der Waals surface area contributed by atoms with Crippen molar-refractivity contribution in [2.24, 2.45) is 0 Å². The topological polar surface area (TPSA) is 61.2 Å². The maximum absolute atomic E-state index is 5.50. The molecule has 0 spiro atoms. The molecule has 0 bridgehead atoms. The van der Waals surface area contributed by atoms with Crippen molar-refractivity contribution in [1.29, 1.82) is 0 Å². The molecule has 0 aliphatic rings. The molecule has 0 unspecified atom stereocenters. The first-order chi connectivity index (χ1) is 11.1. The second kappa shape index (κ2) is 6.16. The second-order valence-corrected chi connectivity index (χ2v) is 5.51. The third-order valence-electron chi connectivity index (χ3n) is 3.45. The molecule has 0 aliphatic carbocycles. The number of nitrogens with zero attached hydrogens (tertiary/aromatic N) is 3. The van der Waals surface area contributed by atoms with Crippen LogP contribution in [0.3, 0.4) is 0 Å². The van der Waals surface area contributed by atoms with Gasteiger partial charge in [0.25, 0.3) is 0 Å². The molecule has 2 aromatic heterocycles. The molecule has 1 N–H and O–H groups in total. The first kappa shape index (κ1) is 15.1. The lowest BCUT2D eigenvalue weighted by molar-refractivity contribution is 0.414. The van der Waals surface area contributed by atoms with E-state index in [2.05, 4.69) is 29.2 Å². The molecular weight excluding hydrogens is 292 g/mol. The van der Waals surface area contributed by atoms with Gasteiger partial charge < -0.3 is 14.8 Å². The van der Waals surface area contributed by atoms with Crippen LogP contribution in [0.1, 0.15) is 13.8 Å². The van der Waals surface area contributed by atoms with Gasteiger partial charge in [-0.15, -0.1) is 5.10 Å². The van der Waals surface area contributed by atoms with Gasteiger partial charge >= 0.3 is 0 Å². The van der Waals surface area contributed by atoms with Crippen LogP contribution in [-0.2, 0) is 0 Å². The molecule has 23 heavy (non-hydrogen) atoms. The zero-order valence-electron chi connectivity index (χ0n) is 13.7. The van der Waals surface area contributed by atoms with Crippen molar-refractivity contribution in [2.45, 2.75) is 19.9 Å². The summed E-state index contributed by atoms with van der Waals surface area (Å²) in [7, 11) is 3.29. The Kier molecular flexibility index (Phi) is 4.06. The molecule has 6 heteroatoms. The summed E-state index contributed by atoms with van der Waals surface area (Å²) in [4.78, 5) is 4.67. The quantitative estimate of drug-likeness (QED) is 0.783. The highest BCUT2D eigenvalue weighted by Crippen LogP contribution is 2.29. The minimum absolute atomic E-state index is 0.321. The van der Waals surface area contributed by atoms with E-state index in [9.17, 15) is 0 Å². The Morgan fingerprint density at radius 3 is 2.61 bits per heavy atom. The highest BCUT2D eigenvalue weighted by molar-refractivity contribution is 5.87. The number of methoxy groups -OCH3 is 2. The van der Waals surface area contributed by atoms with E-state index in [1.807, 2.05) is 36.5 Å². The molecule has 2 heterocycles. The van der Waals surface area contributed by atoms with Gasteiger partial charge in [-0.05, 0) is 26.0 Å². The van der Waals surface area contributed by atoms with Crippen molar-refractivity contribution in [3.8, 4) is 17.3 Å². The summed E-state index contributed by atoms with van der Waals surface area (Å²) in [6.45, 7) is 4.14. The van der Waals surface area contributed by atoms with Crippen LogP contribution in [0.2, 0.25) is 0 Å². The number of fused-ring (bicyclic) bond motifs is 1. The average Bonchev–Trinajstić information content (AvgIpc) is 3.00. The maximum Gasteiger partial charge on any atom is 0.157 e. The lowest BCUT2D eigenvalue weighted by Gasteiger charge is -2.10. The zero-order chi connectivity index (χ0) is 16.4. The van der Waals surface area contributed by atoms with Gasteiger partial charge in [-0.2, -0.15) is 0 Å². The molecule has 0 fully saturated rings. The summed E-state index contributed by atoms with van der Waals surface area (Å²) in [5, 5.41) is 8.70. The molecule has 0 aliphatic heterocycles. The third-order valence-corrected chi connectivity index (χ3v) is 3.45. The Bertz CT molecular complexity index is 827. The van der Waals surface area contributed by atoms with Gasteiger partial charge in [0, 0.05) is 35.8 Å². The predicted octanol–water partition coefficient (Wildman–Crippen LogP) is 3.26. The van der Waals surface area contributed by atoms with Crippen molar-refractivity contribution >= 4 is 16.7 Å². The molecule has 0 saturated heterocycles. The minimum atomic E-state index is 0.321. The van der Waals surface area contributed by atoms with Crippen LogP contribution in [0.5, 0.6) is 11.5 Å². The van der Waals surface area contributed by atoms with Crippen molar-refractivity contribution in [3.05, 3.63) is 36.5 Å². The highest BCUT2D eigenvalue weighted by Gasteiger charge is 2.10. The SMILES string of the molecule is COc1ccc2c(OC)cc(-n3ccc(NC(C)C)n3)nc2c1. The Labute approximate surface area is 135 Å². The molecule has 1 aromatic carbocycles. The number of hydrogen-bond acceptors (Lipinski definition) is 5. The van der Waals surface area contributed by atoms with Gasteiger partial charge in [-0.1, -0.05) is 0 Å².